The second-order valence-corrected chi connectivity index (χ2v) is 6.28. The van der Waals surface area contributed by atoms with Gasteiger partial charge in [-0.3, -0.25) is 15.1 Å². The first-order valence-corrected chi connectivity index (χ1v) is 8.44. The molecule has 0 unspecified atom stereocenters. The van der Waals surface area contributed by atoms with E-state index in [2.05, 4.69) is 4.98 Å². The summed E-state index contributed by atoms with van der Waals surface area (Å²) in [7, 11) is 0. The Morgan fingerprint density at radius 1 is 1.12 bits per heavy atom. The number of para-hydroxylation sites is 1. The van der Waals surface area contributed by atoms with Crippen molar-refractivity contribution in [2.45, 2.75) is 25.9 Å². The van der Waals surface area contributed by atoms with Gasteiger partial charge in [-0.2, -0.15) is 0 Å². The highest BCUT2D eigenvalue weighted by molar-refractivity contribution is 6.05. The molecule has 1 aromatic heterocycles. The van der Waals surface area contributed by atoms with E-state index in [1.807, 2.05) is 24.3 Å². The third kappa shape index (κ3) is 2.90. The molecule has 0 amide bonds. The first kappa shape index (κ1) is 16.2. The van der Waals surface area contributed by atoms with E-state index in [0.717, 1.165) is 41.4 Å². The molecule has 0 aliphatic heterocycles. The van der Waals surface area contributed by atoms with Gasteiger partial charge in [-0.05, 0) is 48.6 Å². The van der Waals surface area contributed by atoms with Crippen molar-refractivity contribution >= 4 is 22.6 Å². The van der Waals surface area contributed by atoms with E-state index in [4.69, 9.17) is 4.74 Å². The zero-order valence-corrected chi connectivity index (χ0v) is 14.0. The molecule has 26 heavy (non-hydrogen) atoms. The minimum Gasteiger partial charge on any atom is -0.457 e. The summed E-state index contributed by atoms with van der Waals surface area (Å²) in [5, 5.41) is 11.5. The number of carbonyl (C=O) groups excluding carboxylic acids is 1. The number of benzene rings is 2. The van der Waals surface area contributed by atoms with Gasteiger partial charge in [-0.25, -0.2) is 4.79 Å². The monoisotopic (exact) mass is 348 g/mol. The summed E-state index contributed by atoms with van der Waals surface area (Å²) in [6.45, 7) is 0.0717. The molecule has 0 radical (unpaired) electrons. The van der Waals surface area contributed by atoms with Crippen LogP contribution in [0.4, 0.5) is 5.69 Å². The summed E-state index contributed by atoms with van der Waals surface area (Å²) in [5.41, 5.74) is 4.08. The van der Waals surface area contributed by atoms with Crippen LogP contribution in [0.2, 0.25) is 0 Å². The highest BCUT2D eigenvalue weighted by Crippen LogP contribution is 2.30. The van der Waals surface area contributed by atoms with Crippen LogP contribution in [0.1, 0.15) is 33.6 Å². The molecular weight excluding hydrogens is 332 g/mol. The number of ether oxygens (including phenoxy) is 1. The molecule has 1 aliphatic carbocycles. The summed E-state index contributed by atoms with van der Waals surface area (Å²) < 4.78 is 5.51. The normalized spacial score (nSPS) is 12.8. The lowest BCUT2D eigenvalue weighted by Crippen LogP contribution is -2.10. The summed E-state index contributed by atoms with van der Waals surface area (Å²) in [4.78, 5) is 27.7. The van der Waals surface area contributed by atoms with E-state index >= 15 is 0 Å². The van der Waals surface area contributed by atoms with Crippen LogP contribution in [0.25, 0.3) is 10.9 Å². The lowest BCUT2D eigenvalue weighted by molar-refractivity contribution is -0.384. The standard InChI is InChI=1S/C20H16N2O4/c23-20(26-12-13-8-10-14(11-9-13)22(24)25)19-15-4-1-2-6-17(15)21-18-7-3-5-16(18)19/h1-2,4,6,8-11H,3,5,7,12H2. The van der Waals surface area contributed by atoms with Crippen molar-refractivity contribution < 1.29 is 14.5 Å². The van der Waals surface area contributed by atoms with Gasteiger partial charge in [0.15, 0.2) is 0 Å². The second-order valence-electron chi connectivity index (χ2n) is 6.28. The number of nitro groups is 1. The molecule has 0 saturated carbocycles. The smallest absolute Gasteiger partial charge is 0.339 e. The number of nitro benzene ring substituents is 1. The van der Waals surface area contributed by atoms with Gasteiger partial charge in [-0.15, -0.1) is 0 Å². The van der Waals surface area contributed by atoms with Gasteiger partial charge in [0.2, 0.25) is 0 Å². The van der Waals surface area contributed by atoms with E-state index in [0.29, 0.717) is 11.1 Å². The first-order chi connectivity index (χ1) is 12.6. The fourth-order valence-electron chi connectivity index (χ4n) is 3.38. The second kappa shape index (κ2) is 6.55. The Morgan fingerprint density at radius 2 is 1.88 bits per heavy atom. The van der Waals surface area contributed by atoms with Crippen molar-refractivity contribution in [3.05, 3.63) is 81.0 Å². The Bertz CT molecular complexity index is 1010. The molecular formula is C20H16N2O4. The molecule has 130 valence electrons. The molecule has 3 aromatic rings. The Labute approximate surface area is 149 Å². The van der Waals surface area contributed by atoms with Crippen molar-refractivity contribution in [3.63, 3.8) is 0 Å². The van der Waals surface area contributed by atoms with E-state index in [1.54, 1.807) is 12.1 Å². The molecule has 2 aromatic carbocycles. The van der Waals surface area contributed by atoms with Crippen LogP contribution in [0.15, 0.2) is 48.5 Å². The number of esters is 1. The van der Waals surface area contributed by atoms with E-state index in [1.165, 1.54) is 12.1 Å². The maximum atomic E-state index is 12.8. The number of aromatic nitrogens is 1. The summed E-state index contributed by atoms with van der Waals surface area (Å²) in [6.07, 6.45) is 2.69. The minimum atomic E-state index is -0.456. The van der Waals surface area contributed by atoms with Crippen molar-refractivity contribution in [2.24, 2.45) is 0 Å². The molecule has 4 rings (SSSR count). The van der Waals surface area contributed by atoms with Crippen molar-refractivity contribution in [1.29, 1.82) is 0 Å². The van der Waals surface area contributed by atoms with E-state index in [9.17, 15) is 14.9 Å². The van der Waals surface area contributed by atoms with Gasteiger partial charge < -0.3 is 4.74 Å². The Hall–Kier alpha value is -3.28. The molecule has 0 bridgehead atoms. The lowest BCUT2D eigenvalue weighted by Gasteiger charge is -2.12. The van der Waals surface area contributed by atoms with Crippen LogP contribution in [0, 0.1) is 10.1 Å². The highest BCUT2D eigenvalue weighted by Gasteiger charge is 2.24. The van der Waals surface area contributed by atoms with Gasteiger partial charge >= 0.3 is 5.97 Å². The van der Waals surface area contributed by atoms with Crippen LogP contribution >= 0.6 is 0 Å². The summed E-state index contributed by atoms with van der Waals surface area (Å²) >= 11 is 0. The van der Waals surface area contributed by atoms with Gasteiger partial charge in [0.05, 0.1) is 16.0 Å². The number of fused-ring (bicyclic) bond motifs is 2. The Morgan fingerprint density at radius 3 is 2.65 bits per heavy atom. The first-order valence-electron chi connectivity index (χ1n) is 8.44. The largest absolute Gasteiger partial charge is 0.457 e. The number of nitrogens with zero attached hydrogens (tertiary/aromatic N) is 2. The fourth-order valence-corrected chi connectivity index (χ4v) is 3.38. The zero-order valence-electron chi connectivity index (χ0n) is 14.0. The van der Waals surface area contributed by atoms with Crippen LogP contribution in [-0.2, 0) is 24.2 Å². The van der Waals surface area contributed by atoms with Gasteiger partial charge in [0.25, 0.3) is 5.69 Å². The van der Waals surface area contributed by atoms with Crippen molar-refractivity contribution in [1.82, 2.24) is 4.98 Å². The third-order valence-electron chi connectivity index (χ3n) is 4.64. The lowest BCUT2D eigenvalue weighted by atomic mass is 10.0. The zero-order chi connectivity index (χ0) is 18.1. The van der Waals surface area contributed by atoms with E-state index < -0.39 is 4.92 Å². The number of non-ortho nitro benzene ring substituents is 1. The average Bonchev–Trinajstić information content (AvgIpc) is 3.12. The summed E-state index contributed by atoms with van der Waals surface area (Å²) in [6, 6.07) is 13.6. The van der Waals surface area contributed by atoms with Gasteiger partial charge in [0.1, 0.15) is 6.61 Å². The van der Waals surface area contributed by atoms with E-state index in [-0.39, 0.29) is 18.3 Å². The molecule has 0 saturated heterocycles. The number of pyridine rings is 1. The average molecular weight is 348 g/mol. The van der Waals surface area contributed by atoms with Crippen molar-refractivity contribution in [2.75, 3.05) is 0 Å². The SMILES string of the molecule is O=C(OCc1ccc([N+](=O)[O-])cc1)c1c2c(nc3ccccc13)CCC2. The molecule has 1 aliphatic rings. The molecule has 1 heterocycles. The maximum absolute atomic E-state index is 12.8. The molecule has 0 atom stereocenters. The van der Waals surface area contributed by atoms with Gasteiger partial charge in [0, 0.05) is 23.2 Å². The Balaban J connectivity index is 1.61. The predicted molar refractivity (Wildman–Crippen MR) is 96.0 cm³/mol. The van der Waals surface area contributed by atoms with Crippen molar-refractivity contribution in [3.8, 4) is 0 Å². The quantitative estimate of drug-likeness (QED) is 0.404. The minimum absolute atomic E-state index is 0.0121. The number of rotatable bonds is 4. The molecule has 0 spiro atoms. The fraction of sp³-hybridized carbons (Fsp3) is 0.200. The van der Waals surface area contributed by atoms with Crippen LogP contribution in [-0.4, -0.2) is 15.9 Å². The molecule has 0 N–H and O–H groups in total. The number of hydrogen-bond acceptors (Lipinski definition) is 5. The molecule has 6 nitrogen and oxygen atoms in total. The number of hydrogen-bond donors (Lipinski definition) is 0. The van der Waals surface area contributed by atoms with Crippen LogP contribution in [0.5, 0.6) is 0 Å². The number of carbonyl (C=O) groups is 1. The van der Waals surface area contributed by atoms with Gasteiger partial charge in [-0.1, -0.05) is 18.2 Å². The summed E-state index contributed by atoms with van der Waals surface area (Å²) in [5.74, 6) is -0.375. The molecule has 6 heteroatoms. The highest BCUT2D eigenvalue weighted by atomic mass is 16.6. The maximum Gasteiger partial charge on any atom is 0.339 e. The Kier molecular flexibility index (Phi) is 4.08. The molecule has 0 fully saturated rings. The predicted octanol–water partition coefficient (Wildman–Crippen LogP) is 3.99. The third-order valence-corrected chi connectivity index (χ3v) is 4.64. The number of aryl methyl sites for hydroxylation is 1. The topological polar surface area (TPSA) is 82.3 Å². The van der Waals surface area contributed by atoms with Crippen LogP contribution in [0.3, 0.4) is 0 Å². The van der Waals surface area contributed by atoms with Crippen LogP contribution < -0.4 is 0 Å².